The van der Waals surface area contributed by atoms with E-state index < -0.39 is 35.4 Å². The summed E-state index contributed by atoms with van der Waals surface area (Å²) in [6.07, 6.45) is -0.971. The second-order valence-corrected chi connectivity index (χ2v) is 6.83. The normalized spacial score (nSPS) is 20.4. The molecule has 0 bridgehead atoms. The van der Waals surface area contributed by atoms with Crippen molar-refractivity contribution < 1.29 is 33.4 Å². The summed E-state index contributed by atoms with van der Waals surface area (Å²) in [5, 5.41) is 2.80. The Kier molecular flexibility index (Phi) is 8.20. The van der Waals surface area contributed by atoms with Crippen LogP contribution in [0.1, 0.15) is 37.6 Å². The van der Waals surface area contributed by atoms with Gasteiger partial charge in [0.25, 0.3) is 5.91 Å². The average Bonchev–Trinajstić information content (AvgIpc) is 3.08. The molecular formula is C21H28N2O7. The maximum Gasteiger partial charge on any atom is 0.409 e. The lowest BCUT2D eigenvalue weighted by atomic mass is 9.79. The van der Waals surface area contributed by atoms with Gasteiger partial charge in [0.05, 0.1) is 32.3 Å². The summed E-state index contributed by atoms with van der Waals surface area (Å²) in [6, 6.07) is 7.60. The van der Waals surface area contributed by atoms with Gasteiger partial charge in [-0.05, 0) is 32.9 Å². The van der Waals surface area contributed by atoms with Crippen molar-refractivity contribution in [3.8, 4) is 0 Å². The first-order chi connectivity index (χ1) is 14.4. The molecule has 30 heavy (non-hydrogen) atoms. The van der Waals surface area contributed by atoms with E-state index in [1.807, 2.05) is 0 Å². The van der Waals surface area contributed by atoms with Crippen molar-refractivity contribution in [1.29, 1.82) is 0 Å². The third-order valence-corrected chi connectivity index (χ3v) is 4.86. The van der Waals surface area contributed by atoms with Crippen molar-refractivity contribution in [2.24, 2.45) is 5.41 Å². The number of benzene rings is 1. The standard InChI is InChI=1S/C21H28N2O7/c1-4-28-17(24)12-21(19(26)29-5-2)14-23(20(27)30-6-3)13-16(21)22-18(25)15-10-8-7-9-11-15/h7-11,16H,4-6,12-14H2,1-3H3,(H,22,25). The lowest BCUT2D eigenvalue weighted by molar-refractivity contribution is -0.162. The number of rotatable bonds is 8. The number of ether oxygens (including phenoxy) is 3. The molecule has 1 heterocycles. The van der Waals surface area contributed by atoms with Gasteiger partial charge in [-0.25, -0.2) is 4.79 Å². The molecule has 2 atom stereocenters. The highest BCUT2D eigenvalue weighted by molar-refractivity contribution is 5.95. The molecule has 1 aromatic rings. The van der Waals surface area contributed by atoms with Crippen molar-refractivity contribution in [1.82, 2.24) is 10.2 Å². The van der Waals surface area contributed by atoms with Gasteiger partial charge in [-0.2, -0.15) is 0 Å². The van der Waals surface area contributed by atoms with Crippen molar-refractivity contribution in [2.75, 3.05) is 32.9 Å². The fourth-order valence-electron chi connectivity index (χ4n) is 3.48. The van der Waals surface area contributed by atoms with Crippen molar-refractivity contribution in [3.05, 3.63) is 35.9 Å². The Bertz CT molecular complexity index is 768. The van der Waals surface area contributed by atoms with E-state index in [9.17, 15) is 19.2 Å². The summed E-state index contributed by atoms with van der Waals surface area (Å²) in [6.45, 7) is 5.20. The largest absolute Gasteiger partial charge is 0.466 e. The third kappa shape index (κ3) is 5.28. The molecule has 0 saturated carbocycles. The van der Waals surface area contributed by atoms with Gasteiger partial charge in [0, 0.05) is 18.7 Å². The molecule has 2 rings (SSSR count). The Morgan fingerprint density at radius 1 is 1.00 bits per heavy atom. The quantitative estimate of drug-likeness (QED) is 0.504. The van der Waals surface area contributed by atoms with Gasteiger partial charge in [-0.3, -0.25) is 14.4 Å². The molecule has 1 fully saturated rings. The van der Waals surface area contributed by atoms with Gasteiger partial charge in [0.15, 0.2) is 0 Å². The summed E-state index contributed by atoms with van der Waals surface area (Å²) in [5.41, 5.74) is -1.10. The van der Waals surface area contributed by atoms with Crippen LogP contribution in [0.4, 0.5) is 4.79 Å². The predicted molar refractivity (Wildman–Crippen MR) is 107 cm³/mol. The van der Waals surface area contributed by atoms with Gasteiger partial charge in [-0.1, -0.05) is 18.2 Å². The molecule has 0 spiro atoms. The maximum atomic E-state index is 13.0. The number of likely N-dealkylation sites (tertiary alicyclic amines) is 1. The number of esters is 2. The Morgan fingerprint density at radius 3 is 2.23 bits per heavy atom. The zero-order chi connectivity index (χ0) is 22.1. The van der Waals surface area contributed by atoms with Crippen molar-refractivity contribution in [2.45, 2.75) is 33.2 Å². The highest BCUT2D eigenvalue weighted by Gasteiger charge is 2.57. The number of nitrogens with zero attached hydrogens (tertiary/aromatic N) is 1. The zero-order valence-electron chi connectivity index (χ0n) is 17.5. The fraction of sp³-hybridized carbons (Fsp3) is 0.524. The van der Waals surface area contributed by atoms with Crippen LogP contribution in [-0.4, -0.2) is 67.8 Å². The highest BCUT2D eigenvalue weighted by Crippen LogP contribution is 2.37. The van der Waals surface area contributed by atoms with Gasteiger partial charge in [0.2, 0.25) is 0 Å². The summed E-state index contributed by atoms with van der Waals surface area (Å²) in [7, 11) is 0. The molecule has 1 aliphatic heterocycles. The summed E-state index contributed by atoms with van der Waals surface area (Å²) in [4.78, 5) is 51.8. The van der Waals surface area contributed by atoms with Crippen LogP contribution in [0, 0.1) is 5.41 Å². The molecule has 0 aromatic heterocycles. The molecule has 1 N–H and O–H groups in total. The van der Waals surface area contributed by atoms with Crippen LogP contribution in [0.15, 0.2) is 30.3 Å². The topological polar surface area (TPSA) is 111 Å². The zero-order valence-corrected chi connectivity index (χ0v) is 17.5. The molecule has 1 saturated heterocycles. The number of hydrogen-bond acceptors (Lipinski definition) is 7. The van der Waals surface area contributed by atoms with Gasteiger partial charge in [0.1, 0.15) is 5.41 Å². The third-order valence-electron chi connectivity index (χ3n) is 4.86. The molecule has 1 aliphatic rings. The van der Waals surface area contributed by atoms with Crippen molar-refractivity contribution >= 4 is 23.9 Å². The summed E-state index contributed by atoms with van der Waals surface area (Å²) >= 11 is 0. The second-order valence-electron chi connectivity index (χ2n) is 6.83. The van der Waals surface area contributed by atoms with Crippen LogP contribution in [0.25, 0.3) is 0 Å². The molecule has 0 radical (unpaired) electrons. The maximum absolute atomic E-state index is 13.0. The minimum absolute atomic E-state index is 0.00434. The van der Waals surface area contributed by atoms with Crippen molar-refractivity contribution in [3.63, 3.8) is 0 Å². The first-order valence-corrected chi connectivity index (χ1v) is 9.98. The molecule has 2 unspecified atom stereocenters. The van der Waals surface area contributed by atoms with E-state index >= 15 is 0 Å². The first-order valence-electron chi connectivity index (χ1n) is 9.98. The van der Waals surface area contributed by atoms with Gasteiger partial charge in [-0.15, -0.1) is 0 Å². The number of nitrogens with one attached hydrogen (secondary N) is 1. The van der Waals surface area contributed by atoms with E-state index in [4.69, 9.17) is 14.2 Å². The summed E-state index contributed by atoms with van der Waals surface area (Å²) < 4.78 is 15.3. The van der Waals surface area contributed by atoms with E-state index in [1.54, 1.807) is 51.1 Å². The van der Waals surface area contributed by atoms with Crippen LogP contribution < -0.4 is 5.32 Å². The Balaban J connectivity index is 2.39. The molecule has 2 amide bonds. The molecule has 9 heteroatoms. The number of hydrogen-bond donors (Lipinski definition) is 1. The SMILES string of the molecule is CCOC(=O)CC1(C(=O)OCC)CN(C(=O)OCC)CC1NC(=O)c1ccccc1. The van der Waals surface area contributed by atoms with Crippen LogP contribution in [0.3, 0.4) is 0 Å². The van der Waals surface area contributed by atoms with E-state index in [-0.39, 0.29) is 39.3 Å². The van der Waals surface area contributed by atoms with Gasteiger partial charge >= 0.3 is 18.0 Å². The van der Waals surface area contributed by atoms with E-state index in [1.165, 1.54) is 4.90 Å². The number of carbonyl (C=O) groups excluding carboxylic acids is 4. The monoisotopic (exact) mass is 420 g/mol. The van der Waals surface area contributed by atoms with Crippen LogP contribution in [0.5, 0.6) is 0 Å². The molecule has 1 aromatic carbocycles. The first kappa shape index (κ1) is 23.2. The Labute approximate surface area is 175 Å². The lowest BCUT2D eigenvalue weighted by Gasteiger charge is -2.31. The van der Waals surface area contributed by atoms with Crippen LogP contribution in [-0.2, 0) is 23.8 Å². The van der Waals surface area contributed by atoms with Gasteiger partial charge < -0.3 is 24.4 Å². The highest BCUT2D eigenvalue weighted by atomic mass is 16.6. The Hall–Kier alpha value is -3.10. The Morgan fingerprint density at radius 2 is 1.63 bits per heavy atom. The minimum Gasteiger partial charge on any atom is -0.466 e. The fourth-order valence-corrected chi connectivity index (χ4v) is 3.48. The molecule has 0 aliphatic carbocycles. The number of amides is 2. The smallest absolute Gasteiger partial charge is 0.409 e. The van der Waals surface area contributed by atoms with E-state index in [0.29, 0.717) is 5.56 Å². The molecule has 164 valence electrons. The van der Waals surface area contributed by atoms with E-state index in [2.05, 4.69) is 5.32 Å². The lowest BCUT2D eigenvalue weighted by Crippen LogP contribution is -2.53. The van der Waals surface area contributed by atoms with Crippen LogP contribution in [0.2, 0.25) is 0 Å². The average molecular weight is 420 g/mol. The number of carbonyl (C=O) groups is 4. The predicted octanol–water partition coefficient (Wildman–Crippen LogP) is 1.76. The molecule has 9 nitrogen and oxygen atoms in total. The molecular weight excluding hydrogens is 392 g/mol. The van der Waals surface area contributed by atoms with Crippen LogP contribution >= 0.6 is 0 Å². The second kappa shape index (κ2) is 10.6. The van der Waals surface area contributed by atoms with E-state index in [0.717, 1.165) is 0 Å². The summed E-state index contributed by atoms with van der Waals surface area (Å²) in [5.74, 6) is -1.72. The minimum atomic E-state index is -1.49.